The van der Waals surface area contributed by atoms with Crippen LogP contribution in [0.15, 0.2) is 48.7 Å². The van der Waals surface area contributed by atoms with E-state index >= 15 is 0 Å². The Hall–Kier alpha value is -2.39. The number of fused-ring (bicyclic) bond motifs is 2. The molecule has 1 aliphatic carbocycles. The summed E-state index contributed by atoms with van der Waals surface area (Å²) in [6, 6.07) is 14.7. The summed E-state index contributed by atoms with van der Waals surface area (Å²) >= 11 is 0. The van der Waals surface area contributed by atoms with E-state index in [1.807, 2.05) is 36.5 Å². The first kappa shape index (κ1) is 18.0. The third kappa shape index (κ3) is 3.44. The molecule has 140 valence electrons. The van der Waals surface area contributed by atoms with E-state index in [2.05, 4.69) is 35.9 Å². The maximum Gasteiger partial charge on any atom is 0.195 e. The van der Waals surface area contributed by atoms with Gasteiger partial charge < -0.3 is 4.98 Å². The molecule has 3 aromatic rings. The van der Waals surface area contributed by atoms with Crippen molar-refractivity contribution in [2.45, 2.75) is 45.6 Å². The fourth-order valence-electron chi connectivity index (χ4n) is 4.46. The van der Waals surface area contributed by atoms with Crippen LogP contribution < -0.4 is 0 Å². The molecule has 1 aliphatic rings. The topological polar surface area (TPSA) is 36.1 Å². The first-order valence-corrected chi connectivity index (χ1v) is 10.2. The number of hydrogen-bond donors (Lipinski definition) is 1. The quantitative estimate of drug-likeness (QED) is 0.603. The van der Waals surface area contributed by atoms with Gasteiger partial charge in [-0.1, -0.05) is 44.2 Å². The fourth-order valence-corrected chi connectivity index (χ4v) is 4.46. The zero-order valence-corrected chi connectivity index (χ0v) is 16.3. The highest BCUT2D eigenvalue weighted by atomic mass is 16.1. The SMILES string of the molecule is CCCN(CCC)C1Cc2cc3[nH]cc(C(=O)c4ccccc4)c3cc2C1. The molecule has 0 fully saturated rings. The maximum atomic E-state index is 12.9. The van der Waals surface area contributed by atoms with Crippen LogP contribution in [0.3, 0.4) is 0 Å². The summed E-state index contributed by atoms with van der Waals surface area (Å²) in [6.45, 7) is 6.86. The Labute approximate surface area is 161 Å². The average Bonchev–Trinajstić information content (AvgIpc) is 3.29. The minimum absolute atomic E-state index is 0.0925. The number of hydrogen-bond acceptors (Lipinski definition) is 2. The van der Waals surface area contributed by atoms with Crippen molar-refractivity contribution in [3.63, 3.8) is 0 Å². The molecule has 0 aliphatic heterocycles. The van der Waals surface area contributed by atoms with Crippen molar-refractivity contribution in [2.24, 2.45) is 0 Å². The van der Waals surface area contributed by atoms with Gasteiger partial charge in [0.15, 0.2) is 5.78 Å². The number of carbonyl (C=O) groups is 1. The van der Waals surface area contributed by atoms with E-state index in [1.54, 1.807) is 0 Å². The van der Waals surface area contributed by atoms with Gasteiger partial charge >= 0.3 is 0 Å². The molecule has 3 nitrogen and oxygen atoms in total. The van der Waals surface area contributed by atoms with Gasteiger partial charge in [-0.15, -0.1) is 0 Å². The standard InChI is InChI=1S/C24H28N2O/c1-3-10-26(11-4-2)20-12-18-14-21-22(16-25-23(21)15-19(18)13-20)24(27)17-8-6-5-7-9-17/h5-9,14-16,20,25H,3-4,10-13H2,1-2H3. The maximum absolute atomic E-state index is 12.9. The minimum Gasteiger partial charge on any atom is -0.360 e. The Morgan fingerprint density at radius 1 is 1.04 bits per heavy atom. The van der Waals surface area contributed by atoms with Crippen molar-refractivity contribution >= 4 is 16.7 Å². The molecule has 1 unspecified atom stereocenters. The zero-order valence-electron chi connectivity index (χ0n) is 16.3. The van der Waals surface area contributed by atoms with E-state index in [1.165, 1.54) is 37.1 Å². The summed E-state index contributed by atoms with van der Waals surface area (Å²) in [7, 11) is 0. The van der Waals surface area contributed by atoms with Gasteiger partial charge in [0.25, 0.3) is 0 Å². The summed E-state index contributed by atoms with van der Waals surface area (Å²) in [5.74, 6) is 0.0925. The first-order valence-electron chi connectivity index (χ1n) is 10.2. The normalized spacial score (nSPS) is 16.2. The van der Waals surface area contributed by atoms with Gasteiger partial charge in [0.1, 0.15) is 0 Å². The molecule has 0 radical (unpaired) electrons. The zero-order chi connectivity index (χ0) is 18.8. The Balaban J connectivity index is 1.64. The van der Waals surface area contributed by atoms with Crippen LogP contribution in [0.2, 0.25) is 0 Å². The van der Waals surface area contributed by atoms with Crippen LogP contribution in [0.5, 0.6) is 0 Å². The molecule has 1 atom stereocenters. The molecule has 1 aromatic heterocycles. The van der Waals surface area contributed by atoms with Crippen LogP contribution in [-0.4, -0.2) is 34.8 Å². The molecule has 4 rings (SSSR count). The first-order chi connectivity index (χ1) is 13.2. The number of carbonyl (C=O) groups excluding carboxylic acids is 1. The van der Waals surface area contributed by atoms with Crippen LogP contribution in [0.1, 0.15) is 53.7 Å². The molecule has 27 heavy (non-hydrogen) atoms. The highest BCUT2D eigenvalue weighted by molar-refractivity contribution is 6.16. The second-order valence-electron chi connectivity index (χ2n) is 7.66. The van der Waals surface area contributed by atoms with Gasteiger partial charge in [0, 0.05) is 34.3 Å². The van der Waals surface area contributed by atoms with Gasteiger partial charge in [-0.2, -0.15) is 0 Å². The number of aromatic amines is 1. The molecule has 3 heteroatoms. The molecular weight excluding hydrogens is 332 g/mol. The largest absolute Gasteiger partial charge is 0.360 e. The smallest absolute Gasteiger partial charge is 0.195 e. The van der Waals surface area contributed by atoms with Crippen molar-refractivity contribution < 1.29 is 4.79 Å². The van der Waals surface area contributed by atoms with E-state index in [4.69, 9.17) is 0 Å². The molecule has 0 spiro atoms. The van der Waals surface area contributed by atoms with Crippen molar-refractivity contribution in [1.29, 1.82) is 0 Å². The van der Waals surface area contributed by atoms with E-state index in [0.717, 1.165) is 34.9 Å². The molecule has 1 N–H and O–H groups in total. The lowest BCUT2D eigenvalue weighted by Crippen LogP contribution is -2.37. The summed E-state index contributed by atoms with van der Waals surface area (Å²) in [5.41, 5.74) is 5.44. The lowest BCUT2D eigenvalue weighted by atomic mass is 10.00. The van der Waals surface area contributed by atoms with E-state index in [-0.39, 0.29) is 5.78 Å². The fraction of sp³-hybridized carbons (Fsp3) is 0.375. The third-order valence-electron chi connectivity index (χ3n) is 5.73. The molecule has 0 saturated carbocycles. The van der Waals surface area contributed by atoms with Crippen LogP contribution in [0.25, 0.3) is 10.9 Å². The molecule has 0 bridgehead atoms. The Morgan fingerprint density at radius 2 is 1.70 bits per heavy atom. The summed E-state index contributed by atoms with van der Waals surface area (Å²) in [5, 5.41) is 1.06. The number of nitrogens with one attached hydrogen (secondary N) is 1. The number of ketones is 1. The second-order valence-corrected chi connectivity index (χ2v) is 7.66. The van der Waals surface area contributed by atoms with Crippen molar-refractivity contribution in [2.75, 3.05) is 13.1 Å². The predicted octanol–water partition coefficient (Wildman–Crippen LogP) is 4.99. The van der Waals surface area contributed by atoms with E-state index < -0.39 is 0 Å². The molecule has 1 heterocycles. The van der Waals surface area contributed by atoms with Crippen molar-refractivity contribution in [3.8, 4) is 0 Å². The molecule has 0 amide bonds. The van der Waals surface area contributed by atoms with Crippen molar-refractivity contribution in [1.82, 2.24) is 9.88 Å². The summed E-state index contributed by atoms with van der Waals surface area (Å²) in [4.78, 5) is 18.9. The molecule has 2 aromatic carbocycles. The molecular formula is C24H28N2O. The minimum atomic E-state index is 0.0925. The van der Waals surface area contributed by atoms with Gasteiger partial charge in [-0.25, -0.2) is 0 Å². The van der Waals surface area contributed by atoms with Gasteiger partial charge in [-0.3, -0.25) is 9.69 Å². The van der Waals surface area contributed by atoms with Crippen LogP contribution in [0.4, 0.5) is 0 Å². The third-order valence-corrected chi connectivity index (χ3v) is 5.73. The van der Waals surface area contributed by atoms with E-state index in [9.17, 15) is 4.79 Å². The number of nitrogens with zero attached hydrogens (tertiary/aromatic N) is 1. The van der Waals surface area contributed by atoms with Crippen LogP contribution >= 0.6 is 0 Å². The summed E-state index contributed by atoms with van der Waals surface area (Å²) in [6.07, 6.45) is 6.47. The van der Waals surface area contributed by atoms with Crippen LogP contribution in [0, 0.1) is 0 Å². The average molecular weight is 361 g/mol. The molecule has 0 saturated heterocycles. The highest BCUT2D eigenvalue weighted by Gasteiger charge is 2.27. The Morgan fingerprint density at radius 3 is 2.37 bits per heavy atom. The lowest BCUT2D eigenvalue weighted by molar-refractivity contribution is 0.104. The number of aromatic nitrogens is 1. The number of rotatable bonds is 7. The number of benzene rings is 2. The predicted molar refractivity (Wildman–Crippen MR) is 112 cm³/mol. The highest BCUT2D eigenvalue weighted by Crippen LogP contribution is 2.32. The second kappa shape index (κ2) is 7.69. The summed E-state index contributed by atoms with van der Waals surface area (Å²) < 4.78 is 0. The Kier molecular flexibility index (Phi) is 5.13. The van der Waals surface area contributed by atoms with Gasteiger partial charge in [-0.05, 0) is 62.0 Å². The lowest BCUT2D eigenvalue weighted by Gasteiger charge is -2.27. The van der Waals surface area contributed by atoms with Crippen LogP contribution in [-0.2, 0) is 12.8 Å². The van der Waals surface area contributed by atoms with Crippen molar-refractivity contribution in [3.05, 3.63) is 70.9 Å². The monoisotopic (exact) mass is 360 g/mol. The van der Waals surface area contributed by atoms with Gasteiger partial charge in [0.2, 0.25) is 0 Å². The number of H-pyrrole nitrogens is 1. The Bertz CT molecular complexity index is 936. The van der Waals surface area contributed by atoms with Gasteiger partial charge in [0.05, 0.1) is 0 Å². The van der Waals surface area contributed by atoms with E-state index in [0.29, 0.717) is 6.04 Å².